The number of hydrogen-bond acceptors (Lipinski definition) is 6. The molecule has 1 atom stereocenters. The topological polar surface area (TPSA) is 91.7 Å². The highest BCUT2D eigenvalue weighted by Gasteiger charge is 2.24. The SMILES string of the molecule is Cc1ccncc1-c1ccc2c(c1)C(c1nc3c(-c4cccnc4)cncc3[nH]1)C=NN2. The number of aromatic nitrogens is 5. The van der Waals surface area contributed by atoms with Crippen molar-refractivity contribution in [1.29, 1.82) is 0 Å². The fraction of sp³-hybridized carbons (Fsp3) is 0.0800. The second-order valence-corrected chi connectivity index (χ2v) is 7.81. The molecule has 154 valence electrons. The van der Waals surface area contributed by atoms with Crippen LogP contribution >= 0.6 is 0 Å². The zero-order valence-corrected chi connectivity index (χ0v) is 17.3. The van der Waals surface area contributed by atoms with Crippen molar-refractivity contribution in [3.63, 3.8) is 0 Å². The number of rotatable bonds is 3. The van der Waals surface area contributed by atoms with Crippen LogP contribution in [0.5, 0.6) is 0 Å². The smallest absolute Gasteiger partial charge is 0.120 e. The van der Waals surface area contributed by atoms with Gasteiger partial charge in [-0.1, -0.05) is 12.1 Å². The fourth-order valence-corrected chi connectivity index (χ4v) is 4.17. The zero-order valence-electron chi connectivity index (χ0n) is 17.3. The second-order valence-electron chi connectivity index (χ2n) is 7.81. The summed E-state index contributed by atoms with van der Waals surface area (Å²) >= 11 is 0. The Bertz CT molecular complexity index is 1470. The van der Waals surface area contributed by atoms with Crippen molar-refractivity contribution in [2.45, 2.75) is 12.8 Å². The van der Waals surface area contributed by atoms with Crippen LogP contribution in [0.4, 0.5) is 5.69 Å². The van der Waals surface area contributed by atoms with Crippen molar-refractivity contribution in [1.82, 2.24) is 24.9 Å². The molecule has 0 spiro atoms. The molecule has 4 aromatic heterocycles. The first-order valence-corrected chi connectivity index (χ1v) is 10.4. The zero-order chi connectivity index (χ0) is 21.5. The van der Waals surface area contributed by atoms with E-state index in [0.29, 0.717) is 0 Å². The molecular formula is C25H19N7. The fourth-order valence-electron chi connectivity index (χ4n) is 4.17. The van der Waals surface area contributed by atoms with Gasteiger partial charge in [0, 0.05) is 53.9 Å². The summed E-state index contributed by atoms with van der Waals surface area (Å²) in [6.45, 7) is 2.10. The molecule has 2 N–H and O–H groups in total. The average molecular weight is 417 g/mol. The highest BCUT2D eigenvalue weighted by atomic mass is 15.3. The Balaban J connectivity index is 1.48. The van der Waals surface area contributed by atoms with Gasteiger partial charge in [0.2, 0.25) is 0 Å². The maximum absolute atomic E-state index is 4.98. The van der Waals surface area contributed by atoms with Gasteiger partial charge in [0.05, 0.1) is 28.8 Å². The number of fused-ring (bicyclic) bond motifs is 2. The molecular weight excluding hydrogens is 398 g/mol. The van der Waals surface area contributed by atoms with E-state index in [9.17, 15) is 0 Å². The minimum absolute atomic E-state index is 0.114. The number of pyridine rings is 3. The molecule has 0 bridgehead atoms. The summed E-state index contributed by atoms with van der Waals surface area (Å²) in [5.74, 6) is 0.710. The summed E-state index contributed by atoms with van der Waals surface area (Å²) in [5.41, 5.74) is 12.3. The molecule has 0 fully saturated rings. The van der Waals surface area contributed by atoms with Gasteiger partial charge in [-0.15, -0.1) is 0 Å². The average Bonchev–Trinajstić information content (AvgIpc) is 3.28. The van der Waals surface area contributed by atoms with Gasteiger partial charge in [-0.05, 0) is 47.9 Å². The minimum atomic E-state index is -0.114. The minimum Gasteiger partial charge on any atom is -0.340 e. The molecule has 1 aliphatic rings. The first kappa shape index (κ1) is 18.4. The van der Waals surface area contributed by atoms with Gasteiger partial charge in [-0.25, -0.2) is 4.98 Å². The predicted octanol–water partition coefficient (Wildman–Crippen LogP) is 4.93. The van der Waals surface area contributed by atoms with Crippen LogP contribution < -0.4 is 5.43 Å². The monoisotopic (exact) mass is 417 g/mol. The van der Waals surface area contributed by atoms with Crippen LogP contribution in [0.15, 0.2) is 78.7 Å². The van der Waals surface area contributed by atoms with E-state index < -0.39 is 0 Å². The summed E-state index contributed by atoms with van der Waals surface area (Å²) in [5, 5.41) is 4.37. The van der Waals surface area contributed by atoms with Crippen LogP contribution in [0, 0.1) is 6.92 Å². The molecule has 32 heavy (non-hydrogen) atoms. The number of nitrogens with zero attached hydrogens (tertiary/aromatic N) is 5. The molecule has 0 saturated heterocycles. The van der Waals surface area contributed by atoms with Crippen molar-refractivity contribution in [2.24, 2.45) is 5.10 Å². The van der Waals surface area contributed by atoms with Crippen LogP contribution in [-0.4, -0.2) is 31.1 Å². The number of benzene rings is 1. The summed E-state index contributed by atoms with van der Waals surface area (Å²) in [4.78, 5) is 21.4. The van der Waals surface area contributed by atoms with Gasteiger partial charge >= 0.3 is 0 Å². The molecule has 7 nitrogen and oxygen atoms in total. The van der Waals surface area contributed by atoms with E-state index >= 15 is 0 Å². The van der Waals surface area contributed by atoms with E-state index in [1.807, 2.05) is 49.2 Å². The van der Waals surface area contributed by atoms with E-state index in [1.165, 1.54) is 5.56 Å². The maximum Gasteiger partial charge on any atom is 0.120 e. The van der Waals surface area contributed by atoms with Crippen molar-refractivity contribution in [3.8, 4) is 22.3 Å². The Morgan fingerprint density at radius 3 is 2.62 bits per heavy atom. The highest BCUT2D eigenvalue weighted by molar-refractivity contribution is 5.92. The summed E-state index contributed by atoms with van der Waals surface area (Å²) in [6.07, 6.45) is 12.8. The summed E-state index contributed by atoms with van der Waals surface area (Å²) in [6, 6.07) is 12.3. The van der Waals surface area contributed by atoms with Gasteiger partial charge in [-0.2, -0.15) is 5.10 Å². The van der Waals surface area contributed by atoms with Crippen LogP contribution in [0.1, 0.15) is 22.9 Å². The van der Waals surface area contributed by atoms with Gasteiger partial charge < -0.3 is 4.98 Å². The number of aromatic amines is 1. The third kappa shape index (κ3) is 3.02. The van der Waals surface area contributed by atoms with Crippen molar-refractivity contribution in [3.05, 3.63) is 90.5 Å². The third-order valence-corrected chi connectivity index (χ3v) is 5.82. The molecule has 0 aliphatic carbocycles. The van der Waals surface area contributed by atoms with Crippen LogP contribution in [0.2, 0.25) is 0 Å². The van der Waals surface area contributed by atoms with Crippen LogP contribution in [0.3, 0.4) is 0 Å². The molecule has 0 saturated carbocycles. The molecule has 0 radical (unpaired) electrons. The number of H-pyrrole nitrogens is 1. The van der Waals surface area contributed by atoms with E-state index in [-0.39, 0.29) is 5.92 Å². The highest BCUT2D eigenvalue weighted by Crippen LogP contribution is 2.36. The lowest BCUT2D eigenvalue weighted by Crippen LogP contribution is -2.13. The largest absolute Gasteiger partial charge is 0.340 e. The Morgan fingerprint density at radius 1 is 0.844 bits per heavy atom. The van der Waals surface area contributed by atoms with Crippen molar-refractivity contribution >= 4 is 22.9 Å². The number of anilines is 1. The van der Waals surface area contributed by atoms with Crippen molar-refractivity contribution < 1.29 is 0 Å². The maximum atomic E-state index is 4.98. The lowest BCUT2D eigenvalue weighted by atomic mass is 9.92. The quantitative estimate of drug-likeness (QED) is 0.434. The lowest BCUT2D eigenvalue weighted by molar-refractivity contribution is 0.959. The normalized spacial score (nSPS) is 14.8. The molecule has 1 aromatic carbocycles. The van der Waals surface area contributed by atoms with E-state index in [2.05, 4.69) is 55.6 Å². The Labute approximate surface area is 184 Å². The van der Waals surface area contributed by atoms with Crippen LogP contribution in [0.25, 0.3) is 33.3 Å². The first-order valence-electron chi connectivity index (χ1n) is 10.4. The van der Waals surface area contributed by atoms with Crippen molar-refractivity contribution in [2.75, 3.05) is 5.43 Å². The molecule has 5 heterocycles. The molecule has 7 heteroatoms. The third-order valence-electron chi connectivity index (χ3n) is 5.82. The summed E-state index contributed by atoms with van der Waals surface area (Å²) in [7, 11) is 0. The summed E-state index contributed by atoms with van der Waals surface area (Å²) < 4.78 is 0. The molecule has 1 unspecified atom stereocenters. The van der Waals surface area contributed by atoms with Crippen LogP contribution in [-0.2, 0) is 0 Å². The Morgan fingerprint density at radius 2 is 1.75 bits per heavy atom. The molecule has 0 amide bonds. The number of hydrazone groups is 1. The van der Waals surface area contributed by atoms with Gasteiger partial charge in [0.15, 0.2) is 0 Å². The van der Waals surface area contributed by atoms with E-state index in [4.69, 9.17) is 4.98 Å². The Kier molecular flexibility index (Phi) is 4.24. The lowest BCUT2D eigenvalue weighted by Gasteiger charge is -2.20. The standard InChI is InChI=1S/C25H19N7/c1-15-6-8-27-11-19(15)16-4-5-22-18(9-16)21(13-29-32-22)25-30-23-14-28-12-20(24(23)31-25)17-3-2-7-26-10-17/h2-14,21,32H,1H3,(H,30,31). The molecule has 6 rings (SSSR count). The second kappa shape index (κ2) is 7.39. The van der Waals surface area contributed by atoms with Gasteiger partial charge in [-0.3, -0.25) is 20.4 Å². The number of imidazole rings is 1. The predicted molar refractivity (Wildman–Crippen MR) is 125 cm³/mol. The number of aryl methyl sites for hydroxylation is 1. The Hall–Kier alpha value is -4.39. The van der Waals surface area contributed by atoms with E-state index in [1.54, 1.807) is 12.4 Å². The number of hydrogen-bond donors (Lipinski definition) is 2. The molecule has 5 aromatic rings. The first-order chi connectivity index (χ1) is 15.8. The van der Waals surface area contributed by atoms with E-state index in [0.717, 1.165) is 50.4 Å². The van der Waals surface area contributed by atoms with Gasteiger partial charge in [0.1, 0.15) is 5.82 Å². The van der Waals surface area contributed by atoms with Gasteiger partial charge in [0.25, 0.3) is 0 Å². The number of nitrogens with one attached hydrogen (secondary N) is 2. The molecule has 1 aliphatic heterocycles.